The Hall–Kier alpha value is -3.69. The summed E-state index contributed by atoms with van der Waals surface area (Å²) in [4.78, 5) is 30.2. The van der Waals surface area contributed by atoms with E-state index in [1.165, 1.54) is 19.1 Å². The zero-order valence-electron chi connectivity index (χ0n) is 28.4. The highest BCUT2D eigenvalue weighted by atomic mass is 19.2. The number of allylic oxidation sites excluding steroid dienone is 1. The van der Waals surface area contributed by atoms with E-state index in [-0.39, 0.29) is 41.5 Å². The summed E-state index contributed by atoms with van der Waals surface area (Å²) in [6.45, 7) is 25.5. The van der Waals surface area contributed by atoms with Gasteiger partial charge in [-0.15, -0.1) is 0 Å². The SMILES string of the molecule is CC.CC.CC.CCOC(=O)C1=C(C)/C(=C(\c2c(C)cc(O)cc2C)c2c(C)c(C(=O)OCC)c(C)n2B(F)F)N=C1C. The molecule has 2 heterocycles. The molecule has 238 valence electrons. The molecule has 10 heteroatoms. The Morgan fingerprint density at radius 1 is 0.837 bits per heavy atom. The van der Waals surface area contributed by atoms with Gasteiger partial charge in [0.05, 0.1) is 35.8 Å². The molecule has 7 nitrogen and oxygen atoms in total. The summed E-state index contributed by atoms with van der Waals surface area (Å²) in [7, 11) is -2.98. The second kappa shape index (κ2) is 18.1. The van der Waals surface area contributed by atoms with Crippen molar-refractivity contribution in [2.75, 3.05) is 13.2 Å². The van der Waals surface area contributed by atoms with Gasteiger partial charge in [0.25, 0.3) is 0 Å². The molecular weight excluding hydrogens is 553 g/mol. The third kappa shape index (κ3) is 8.24. The van der Waals surface area contributed by atoms with Crippen LogP contribution in [-0.4, -0.2) is 47.9 Å². The van der Waals surface area contributed by atoms with Crippen LogP contribution < -0.4 is 0 Å². The quantitative estimate of drug-likeness (QED) is 0.253. The zero-order valence-corrected chi connectivity index (χ0v) is 28.4. The molecule has 1 aliphatic rings. The maximum Gasteiger partial charge on any atom is 0.677 e. The first-order chi connectivity index (χ1) is 20.4. The van der Waals surface area contributed by atoms with Gasteiger partial charge in [0, 0.05) is 17.0 Å². The van der Waals surface area contributed by atoms with E-state index in [2.05, 4.69) is 4.99 Å². The molecule has 0 radical (unpaired) electrons. The van der Waals surface area contributed by atoms with Gasteiger partial charge in [-0.25, -0.2) is 9.59 Å². The number of esters is 2. The summed E-state index contributed by atoms with van der Waals surface area (Å²) in [5, 5.41) is 10.2. The van der Waals surface area contributed by atoms with E-state index in [1.807, 2.05) is 41.5 Å². The number of rotatable bonds is 7. The number of phenolic OH excluding ortho intramolecular Hbond substituents is 1. The van der Waals surface area contributed by atoms with Gasteiger partial charge in [-0.2, -0.15) is 0 Å². The van der Waals surface area contributed by atoms with Crippen LogP contribution in [0.1, 0.15) is 113 Å². The van der Waals surface area contributed by atoms with Gasteiger partial charge >= 0.3 is 19.3 Å². The molecule has 0 unspecified atom stereocenters. The Labute approximate surface area is 256 Å². The number of halogens is 2. The highest BCUT2D eigenvalue weighted by Crippen LogP contribution is 2.43. The first-order valence-corrected chi connectivity index (χ1v) is 15.0. The summed E-state index contributed by atoms with van der Waals surface area (Å²) in [5.74, 6) is -1.23. The summed E-state index contributed by atoms with van der Waals surface area (Å²) in [6, 6.07) is 3.06. The Kier molecular flexibility index (Phi) is 16.5. The summed E-state index contributed by atoms with van der Waals surface area (Å²) >= 11 is 0. The molecule has 3 rings (SSSR count). The second-order valence-electron chi connectivity index (χ2n) is 8.90. The summed E-state index contributed by atoms with van der Waals surface area (Å²) in [6.07, 6.45) is 0. The van der Waals surface area contributed by atoms with Crippen LogP contribution in [0.3, 0.4) is 0 Å². The fourth-order valence-electron chi connectivity index (χ4n) is 5.04. The van der Waals surface area contributed by atoms with Crippen LogP contribution in [0, 0.1) is 27.7 Å². The molecule has 0 amide bonds. The lowest BCUT2D eigenvalue weighted by Crippen LogP contribution is -2.19. The number of aromatic hydroxyl groups is 1. The van der Waals surface area contributed by atoms with Gasteiger partial charge in [-0.3, -0.25) is 13.6 Å². The highest BCUT2D eigenvalue weighted by Gasteiger charge is 2.36. The van der Waals surface area contributed by atoms with Crippen molar-refractivity contribution in [3.8, 4) is 5.75 Å². The van der Waals surface area contributed by atoms with E-state index in [1.54, 1.807) is 48.5 Å². The number of aryl methyl sites for hydroxylation is 2. The predicted octanol–water partition coefficient (Wildman–Crippen LogP) is 8.57. The maximum atomic E-state index is 14.7. The average molecular weight is 603 g/mol. The van der Waals surface area contributed by atoms with Crippen LogP contribution in [0.4, 0.5) is 8.63 Å². The van der Waals surface area contributed by atoms with Crippen LogP contribution in [0.25, 0.3) is 5.57 Å². The molecule has 0 spiro atoms. The summed E-state index contributed by atoms with van der Waals surface area (Å²) in [5.41, 5.74) is 4.04. The number of carbonyl (C=O) groups is 2. The Bertz CT molecular complexity index is 1370. The monoisotopic (exact) mass is 602 g/mol. The first kappa shape index (κ1) is 39.3. The van der Waals surface area contributed by atoms with E-state index in [0.29, 0.717) is 44.8 Å². The van der Waals surface area contributed by atoms with Gasteiger partial charge < -0.3 is 19.1 Å². The molecule has 0 saturated carbocycles. The number of phenols is 1. The van der Waals surface area contributed by atoms with E-state index in [0.717, 1.165) is 4.48 Å². The van der Waals surface area contributed by atoms with Crippen molar-refractivity contribution < 1.29 is 32.8 Å². The summed E-state index contributed by atoms with van der Waals surface area (Å²) < 4.78 is 40.5. The number of hydrogen-bond acceptors (Lipinski definition) is 6. The Morgan fingerprint density at radius 3 is 1.74 bits per heavy atom. The van der Waals surface area contributed by atoms with E-state index >= 15 is 0 Å². The van der Waals surface area contributed by atoms with Crippen molar-refractivity contribution in [3.05, 3.63) is 68.2 Å². The number of benzene rings is 1. The molecule has 1 aromatic carbocycles. The van der Waals surface area contributed by atoms with Crippen molar-refractivity contribution in [1.82, 2.24) is 4.48 Å². The normalized spacial score (nSPS) is 13.0. The molecule has 43 heavy (non-hydrogen) atoms. The lowest BCUT2D eigenvalue weighted by molar-refractivity contribution is -0.137. The fourth-order valence-corrected chi connectivity index (χ4v) is 5.04. The van der Waals surface area contributed by atoms with Crippen molar-refractivity contribution in [1.29, 1.82) is 0 Å². The molecule has 2 aromatic rings. The molecule has 1 aromatic heterocycles. The van der Waals surface area contributed by atoms with Crippen LogP contribution in [0.5, 0.6) is 5.75 Å². The lowest BCUT2D eigenvalue weighted by atomic mass is 9.87. The third-order valence-corrected chi connectivity index (χ3v) is 6.46. The van der Waals surface area contributed by atoms with Crippen LogP contribution in [0.2, 0.25) is 0 Å². The maximum absolute atomic E-state index is 14.7. The second-order valence-corrected chi connectivity index (χ2v) is 8.90. The standard InChI is InChI=1S/C27H31BF2N2O5.3C2H6/c1-9-36-26(34)21-15(5)24(31-17(21)7)23(20-13(3)11-19(33)12-14(20)4)25-16(6)22(27(35)37-10-2)18(8)32(25)28(29)30;3*1-2/h11-12,33H,9-10H2,1-8H3;3*1-2H3/b24-23-;;;. The largest absolute Gasteiger partial charge is 0.677 e. The number of aliphatic imine (C=N–C) groups is 1. The average Bonchev–Trinajstić information content (AvgIpc) is 3.40. The van der Waals surface area contributed by atoms with Crippen LogP contribution >= 0.6 is 0 Å². The van der Waals surface area contributed by atoms with Crippen molar-refractivity contribution in [2.24, 2.45) is 4.99 Å². The minimum Gasteiger partial charge on any atom is -0.508 e. The number of hydrogen-bond donors (Lipinski definition) is 1. The predicted molar refractivity (Wildman–Crippen MR) is 173 cm³/mol. The van der Waals surface area contributed by atoms with Crippen molar-refractivity contribution in [3.63, 3.8) is 0 Å². The van der Waals surface area contributed by atoms with Crippen molar-refractivity contribution >= 4 is 30.6 Å². The van der Waals surface area contributed by atoms with Gasteiger partial charge in [0.15, 0.2) is 0 Å². The molecule has 1 N–H and O–H groups in total. The number of ether oxygens (including phenoxy) is 2. The zero-order chi connectivity index (χ0) is 33.8. The van der Waals surface area contributed by atoms with Gasteiger partial charge in [-0.1, -0.05) is 41.5 Å². The minimum absolute atomic E-state index is 0.0260. The van der Waals surface area contributed by atoms with Gasteiger partial charge in [-0.05, 0) is 95.3 Å². The van der Waals surface area contributed by atoms with Gasteiger partial charge in [0.1, 0.15) is 5.75 Å². The smallest absolute Gasteiger partial charge is 0.508 e. The van der Waals surface area contributed by atoms with Gasteiger partial charge in [0.2, 0.25) is 0 Å². The number of aromatic nitrogens is 1. The van der Waals surface area contributed by atoms with E-state index in [4.69, 9.17) is 9.47 Å². The van der Waals surface area contributed by atoms with E-state index < -0.39 is 19.3 Å². The molecule has 0 bridgehead atoms. The highest BCUT2D eigenvalue weighted by molar-refractivity contribution is 6.42. The number of nitrogens with zero attached hydrogens (tertiary/aromatic N) is 2. The van der Waals surface area contributed by atoms with Crippen molar-refractivity contribution in [2.45, 2.75) is 96.9 Å². The van der Waals surface area contributed by atoms with E-state index in [9.17, 15) is 23.3 Å². The molecule has 1 aliphatic heterocycles. The van der Waals surface area contributed by atoms with Crippen LogP contribution in [-0.2, 0) is 14.3 Å². The Balaban J connectivity index is 0.00000276. The third-order valence-electron chi connectivity index (χ3n) is 6.46. The molecule has 0 atom stereocenters. The lowest BCUT2D eigenvalue weighted by Gasteiger charge is -2.20. The molecular formula is C33H49BF2N2O5. The molecule has 0 fully saturated rings. The topological polar surface area (TPSA) is 90.1 Å². The molecule has 0 aliphatic carbocycles. The molecule has 0 saturated heterocycles. The minimum atomic E-state index is -2.98. The first-order valence-electron chi connectivity index (χ1n) is 15.0. The fraction of sp³-hybridized carbons (Fsp3) is 0.485. The van der Waals surface area contributed by atoms with Crippen LogP contribution in [0.15, 0.2) is 34.0 Å². The number of carbonyl (C=O) groups excluding carboxylic acids is 2. The Morgan fingerprint density at radius 2 is 1.30 bits per heavy atom.